The largest absolute Gasteiger partial charge is 0.466 e. The van der Waals surface area contributed by atoms with Crippen LogP contribution in [0.5, 0.6) is 0 Å². The van der Waals surface area contributed by atoms with E-state index in [1.807, 2.05) is 13.0 Å². The number of ketones is 1. The normalized spacial score (nSPS) is 23.1. The van der Waals surface area contributed by atoms with E-state index in [-0.39, 0.29) is 11.9 Å². The van der Waals surface area contributed by atoms with Gasteiger partial charge in [0.1, 0.15) is 5.78 Å². The molecule has 0 saturated heterocycles. The first kappa shape index (κ1) is 18.9. The van der Waals surface area contributed by atoms with Crippen LogP contribution in [0.3, 0.4) is 0 Å². The summed E-state index contributed by atoms with van der Waals surface area (Å²) in [5.41, 5.74) is 0. The molecule has 0 heterocycles. The molecular weight excluding hydrogens is 280 g/mol. The number of carbonyl (C=O) groups is 2. The number of allylic oxidation sites excluding steroid dienone is 1. The van der Waals surface area contributed by atoms with Crippen LogP contribution in [0.2, 0.25) is 0 Å². The summed E-state index contributed by atoms with van der Waals surface area (Å²) in [5.74, 6) is 0.672. The molecule has 4 nitrogen and oxygen atoms in total. The van der Waals surface area contributed by atoms with Gasteiger partial charge in [0, 0.05) is 18.8 Å². The number of unbranched alkanes of at least 4 members (excludes halogenated alkanes) is 3. The maximum absolute atomic E-state index is 12.0. The van der Waals surface area contributed by atoms with Crippen LogP contribution in [-0.4, -0.2) is 29.6 Å². The van der Waals surface area contributed by atoms with E-state index in [2.05, 4.69) is 0 Å². The predicted molar refractivity (Wildman–Crippen MR) is 86.4 cm³/mol. The van der Waals surface area contributed by atoms with Gasteiger partial charge in [-0.3, -0.25) is 9.59 Å². The summed E-state index contributed by atoms with van der Waals surface area (Å²) in [4.78, 5) is 23.2. The zero-order chi connectivity index (χ0) is 16.4. The van der Waals surface area contributed by atoms with Gasteiger partial charge in [0.15, 0.2) is 0 Å². The van der Waals surface area contributed by atoms with Gasteiger partial charge in [-0.1, -0.05) is 31.4 Å². The Labute approximate surface area is 133 Å². The SMILES string of the molecule is CCOC(=O)CCCCCCC1C(=O)CCC1C=CC(C)O. The molecule has 1 N–H and O–H groups in total. The highest BCUT2D eigenvalue weighted by molar-refractivity contribution is 5.83. The average molecular weight is 310 g/mol. The third-order valence-corrected chi connectivity index (χ3v) is 4.24. The van der Waals surface area contributed by atoms with Crippen LogP contribution in [0.4, 0.5) is 0 Å². The Morgan fingerprint density at radius 2 is 2.09 bits per heavy atom. The summed E-state index contributed by atoms with van der Waals surface area (Å²) in [5, 5.41) is 9.31. The fraction of sp³-hybridized carbons (Fsp3) is 0.778. The second-order valence-corrected chi connectivity index (χ2v) is 6.16. The van der Waals surface area contributed by atoms with Gasteiger partial charge < -0.3 is 9.84 Å². The van der Waals surface area contributed by atoms with Crippen molar-refractivity contribution in [3.05, 3.63) is 12.2 Å². The molecule has 0 aliphatic heterocycles. The second-order valence-electron chi connectivity index (χ2n) is 6.16. The van der Waals surface area contributed by atoms with Gasteiger partial charge in [0.25, 0.3) is 0 Å². The summed E-state index contributed by atoms with van der Waals surface area (Å²) in [6.07, 6.45) is 10.3. The standard InChI is InChI=1S/C18H30O4/c1-3-22-18(21)9-7-5-4-6-8-16-15(11-10-14(2)19)12-13-17(16)20/h10-11,14-16,19H,3-9,12-13H2,1-2H3. The molecule has 0 bridgehead atoms. The van der Waals surface area contributed by atoms with E-state index in [0.717, 1.165) is 38.5 Å². The fourth-order valence-corrected chi connectivity index (χ4v) is 3.06. The highest BCUT2D eigenvalue weighted by Gasteiger charge is 2.32. The van der Waals surface area contributed by atoms with E-state index in [4.69, 9.17) is 4.74 Å². The number of Topliss-reactive ketones (excluding diaryl/α,β-unsaturated/α-hetero) is 1. The van der Waals surface area contributed by atoms with Crippen molar-refractivity contribution in [2.45, 2.75) is 71.3 Å². The molecule has 4 heteroatoms. The van der Waals surface area contributed by atoms with Crippen LogP contribution in [0, 0.1) is 11.8 Å². The van der Waals surface area contributed by atoms with E-state index in [0.29, 0.717) is 31.1 Å². The van der Waals surface area contributed by atoms with Crippen LogP contribution in [-0.2, 0) is 14.3 Å². The predicted octanol–water partition coefficient (Wildman–Crippen LogP) is 3.42. The van der Waals surface area contributed by atoms with Gasteiger partial charge in [0.05, 0.1) is 12.7 Å². The first-order chi connectivity index (χ1) is 10.5. The van der Waals surface area contributed by atoms with Gasteiger partial charge in [-0.2, -0.15) is 0 Å². The number of aliphatic hydroxyl groups excluding tert-OH is 1. The molecule has 0 amide bonds. The molecule has 3 atom stereocenters. The van der Waals surface area contributed by atoms with Crippen LogP contribution < -0.4 is 0 Å². The molecule has 1 saturated carbocycles. The molecule has 3 unspecified atom stereocenters. The van der Waals surface area contributed by atoms with Gasteiger partial charge in [-0.25, -0.2) is 0 Å². The highest BCUT2D eigenvalue weighted by Crippen LogP contribution is 2.33. The van der Waals surface area contributed by atoms with E-state index in [1.165, 1.54) is 0 Å². The Balaban J connectivity index is 2.19. The first-order valence-corrected chi connectivity index (χ1v) is 8.59. The second kappa shape index (κ2) is 10.5. The minimum atomic E-state index is -0.445. The summed E-state index contributed by atoms with van der Waals surface area (Å²) in [7, 11) is 0. The van der Waals surface area contributed by atoms with Crippen molar-refractivity contribution >= 4 is 11.8 Å². The Bertz CT molecular complexity index is 373. The summed E-state index contributed by atoms with van der Waals surface area (Å²) >= 11 is 0. The minimum absolute atomic E-state index is 0.114. The van der Waals surface area contributed by atoms with Crippen molar-refractivity contribution in [1.82, 2.24) is 0 Å². The number of carbonyl (C=O) groups excluding carboxylic acids is 2. The number of aliphatic hydroxyl groups is 1. The van der Waals surface area contributed by atoms with Gasteiger partial charge in [-0.05, 0) is 39.0 Å². The Kier molecular flexibility index (Phi) is 9.05. The smallest absolute Gasteiger partial charge is 0.305 e. The van der Waals surface area contributed by atoms with Crippen molar-refractivity contribution in [3.63, 3.8) is 0 Å². The Hall–Kier alpha value is -1.16. The molecule has 0 aromatic heterocycles. The van der Waals surface area contributed by atoms with Crippen LogP contribution in [0.15, 0.2) is 12.2 Å². The van der Waals surface area contributed by atoms with Crippen molar-refractivity contribution in [3.8, 4) is 0 Å². The lowest BCUT2D eigenvalue weighted by molar-refractivity contribution is -0.143. The zero-order valence-electron chi connectivity index (χ0n) is 13.9. The van der Waals surface area contributed by atoms with Gasteiger partial charge in [0.2, 0.25) is 0 Å². The highest BCUT2D eigenvalue weighted by atomic mass is 16.5. The molecule has 1 rings (SSSR count). The zero-order valence-corrected chi connectivity index (χ0v) is 13.9. The van der Waals surface area contributed by atoms with Crippen molar-refractivity contribution in [1.29, 1.82) is 0 Å². The van der Waals surface area contributed by atoms with Crippen LogP contribution in [0.25, 0.3) is 0 Å². The quantitative estimate of drug-likeness (QED) is 0.381. The van der Waals surface area contributed by atoms with E-state index < -0.39 is 6.10 Å². The van der Waals surface area contributed by atoms with Crippen molar-refractivity contribution in [2.75, 3.05) is 6.61 Å². The van der Waals surface area contributed by atoms with E-state index >= 15 is 0 Å². The number of hydrogen-bond donors (Lipinski definition) is 1. The Morgan fingerprint density at radius 1 is 1.36 bits per heavy atom. The van der Waals surface area contributed by atoms with Gasteiger partial charge in [-0.15, -0.1) is 0 Å². The summed E-state index contributed by atoms with van der Waals surface area (Å²) < 4.78 is 4.89. The lowest BCUT2D eigenvalue weighted by Crippen LogP contribution is -2.13. The molecular formula is C18H30O4. The third-order valence-electron chi connectivity index (χ3n) is 4.24. The molecule has 0 aromatic rings. The Morgan fingerprint density at radius 3 is 2.77 bits per heavy atom. The number of esters is 1. The molecule has 0 spiro atoms. The number of hydrogen-bond acceptors (Lipinski definition) is 4. The maximum atomic E-state index is 12.0. The average Bonchev–Trinajstić information content (AvgIpc) is 2.81. The topological polar surface area (TPSA) is 63.6 Å². The van der Waals surface area contributed by atoms with E-state index in [1.54, 1.807) is 13.0 Å². The van der Waals surface area contributed by atoms with Crippen LogP contribution in [0.1, 0.15) is 65.2 Å². The molecule has 0 aromatic carbocycles. The first-order valence-electron chi connectivity index (χ1n) is 8.59. The number of ether oxygens (including phenoxy) is 1. The molecule has 1 aliphatic rings. The number of rotatable bonds is 10. The molecule has 1 aliphatic carbocycles. The fourth-order valence-electron chi connectivity index (χ4n) is 3.06. The minimum Gasteiger partial charge on any atom is -0.466 e. The molecule has 0 radical (unpaired) electrons. The van der Waals surface area contributed by atoms with Crippen LogP contribution >= 0.6 is 0 Å². The van der Waals surface area contributed by atoms with Gasteiger partial charge >= 0.3 is 5.97 Å². The maximum Gasteiger partial charge on any atom is 0.305 e. The summed E-state index contributed by atoms with van der Waals surface area (Å²) in [6, 6.07) is 0. The monoisotopic (exact) mass is 310 g/mol. The lowest BCUT2D eigenvalue weighted by Gasteiger charge is -2.15. The molecule has 22 heavy (non-hydrogen) atoms. The lowest BCUT2D eigenvalue weighted by atomic mass is 9.89. The van der Waals surface area contributed by atoms with E-state index in [9.17, 15) is 14.7 Å². The molecule has 1 fully saturated rings. The van der Waals surface area contributed by atoms with Crippen molar-refractivity contribution in [2.24, 2.45) is 11.8 Å². The summed E-state index contributed by atoms with van der Waals surface area (Å²) in [6.45, 7) is 3.99. The third kappa shape index (κ3) is 7.21. The van der Waals surface area contributed by atoms with Crippen molar-refractivity contribution < 1.29 is 19.4 Å². The molecule has 126 valence electrons.